The molecular weight excluding hydrogens is 432 g/mol. The summed E-state index contributed by atoms with van der Waals surface area (Å²) >= 11 is 1.21. The number of amides is 1. The van der Waals surface area contributed by atoms with Gasteiger partial charge in [0.25, 0.3) is 0 Å². The Morgan fingerprint density at radius 1 is 1.18 bits per heavy atom. The fourth-order valence-corrected chi connectivity index (χ4v) is 5.52. The maximum absolute atomic E-state index is 12.4. The number of carbonyl (C=O) groups excluding carboxylic acids is 1. The summed E-state index contributed by atoms with van der Waals surface area (Å²) < 4.78 is 0. The molecule has 8 heteroatoms. The third-order valence-electron chi connectivity index (χ3n) is 6.41. The summed E-state index contributed by atoms with van der Waals surface area (Å²) in [5.74, 6) is 0.332. The van der Waals surface area contributed by atoms with Crippen molar-refractivity contribution < 1.29 is 4.79 Å². The number of primary amides is 1. The summed E-state index contributed by atoms with van der Waals surface area (Å²) in [6.07, 6.45) is 4.01. The highest BCUT2D eigenvalue weighted by atomic mass is 32.2. The van der Waals surface area contributed by atoms with E-state index in [1.807, 2.05) is 30.3 Å². The van der Waals surface area contributed by atoms with Gasteiger partial charge in [-0.25, -0.2) is 4.98 Å². The lowest BCUT2D eigenvalue weighted by Crippen LogP contribution is -2.45. The van der Waals surface area contributed by atoms with Gasteiger partial charge in [-0.1, -0.05) is 42.1 Å². The van der Waals surface area contributed by atoms with Crippen molar-refractivity contribution in [3.05, 3.63) is 52.6 Å². The van der Waals surface area contributed by atoms with Crippen LogP contribution in [0.3, 0.4) is 0 Å². The third-order valence-corrected chi connectivity index (χ3v) is 7.67. The minimum atomic E-state index is -0.672. The van der Waals surface area contributed by atoms with Crippen LogP contribution in [0.15, 0.2) is 35.4 Å². The molecule has 1 aliphatic heterocycles. The molecule has 4 rings (SSSR count). The molecule has 1 aliphatic carbocycles. The first-order chi connectivity index (χ1) is 15.9. The van der Waals surface area contributed by atoms with Gasteiger partial charge in [0, 0.05) is 19.1 Å². The van der Waals surface area contributed by atoms with E-state index in [0.29, 0.717) is 28.0 Å². The van der Waals surface area contributed by atoms with Gasteiger partial charge in [-0.15, -0.1) is 0 Å². The first kappa shape index (κ1) is 23.1. The van der Waals surface area contributed by atoms with Crippen LogP contribution < -0.4 is 10.6 Å². The van der Waals surface area contributed by atoms with Crippen molar-refractivity contribution in [3.63, 3.8) is 0 Å². The molecule has 2 N–H and O–H groups in total. The number of hydrogen-bond acceptors (Lipinski definition) is 7. The van der Waals surface area contributed by atoms with Crippen LogP contribution in [0.4, 0.5) is 5.82 Å². The van der Waals surface area contributed by atoms with Crippen molar-refractivity contribution in [1.82, 2.24) is 9.88 Å². The second-order valence-corrected chi connectivity index (χ2v) is 10.0. The van der Waals surface area contributed by atoms with Gasteiger partial charge >= 0.3 is 0 Å². The fourth-order valence-electron chi connectivity index (χ4n) is 4.48. The topological polar surface area (TPSA) is 110 Å². The molecule has 2 atom stereocenters. The van der Waals surface area contributed by atoms with Crippen LogP contribution in [-0.4, -0.2) is 49.0 Å². The van der Waals surface area contributed by atoms with Gasteiger partial charge in [-0.3, -0.25) is 4.79 Å². The highest BCUT2D eigenvalue weighted by Crippen LogP contribution is 2.48. The number of pyridine rings is 1. The predicted molar refractivity (Wildman–Crippen MR) is 129 cm³/mol. The van der Waals surface area contributed by atoms with Crippen molar-refractivity contribution in [2.75, 3.05) is 32.1 Å². The molecule has 1 aromatic heterocycles. The molecule has 1 aromatic carbocycles. The summed E-state index contributed by atoms with van der Waals surface area (Å²) in [5.41, 5.74) is 8.24. The van der Waals surface area contributed by atoms with Crippen LogP contribution in [0, 0.1) is 22.7 Å². The van der Waals surface area contributed by atoms with E-state index >= 15 is 0 Å². The average Bonchev–Trinajstić information content (AvgIpc) is 3.67. The van der Waals surface area contributed by atoms with Crippen molar-refractivity contribution in [2.45, 2.75) is 47.9 Å². The smallest absolute Gasteiger partial charge is 0.235 e. The summed E-state index contributed by atoms with van der Waals surface area (Å²) in [7, 11) is 4.14. The largest absolute Gasteiger partial charge is 0.368 e. The molecule has 170 valence electrons. The number of likely N-dealkylation sites (N-methyl/N-ethyl adjacent to an activating group) is 1. The lowest BCUT2D eigenvalue weighted by molar-refractivity contribution is -0.117. The molecule has 0 bridgehead atoms. The van der Waals surface area contributed by atoms with Crippen LogP contribution >= 0.6 is 11.8 Å². The van der Waals surface area contributed by atoms with Gasteiger partial charge < -0.3 is 15.5 Å². The molecule has 1 saturated heterocycles. The zero-order valence-electron chi connectivity index (χ0n) is 19.0. The molecule has 2 aliphatic rings. The van der Waals surface area contributed by atoms with Gasteiger partial charge in [0.1, 0.15) is 28.2 Å². The van der Waals surface area contributed by atoms with Crippen LogP contribution in [0.25, 0.3) is 0 Å². The highest BCUT2D eigenvalue weighted by Gasteiger charge is 2.36. The van der Waals surface area contributed by atoms with Gasteiger partial charge in [-0.05, 0) is 56.8 Å². The number of benzene rings is 1. The van der Waals surface area contributed by atoms with Crippen molar-refractivity contribution in [2.24, 2.45) is 5.73 Å². The molecule has 2 fully saturated rings. The fraction of sp³-hybridized carbons (Fsp3) is 0.440. The second-order valence-electron chi connectivity index (χ2n) is 8.92. The first-order valence-electron chi connectivity index (χ1n) is 11.2. The lowest BCUT2D eigenvalue weighted by Gasteiger charge is -2.37. The van der Waals surface area contributed by atoms with E-state index in [1.165, 1.54) is 11.8 Å². The molecule has 2 unspecified atom stereocenters. The molecule has 1 saturated carbocycles. The number of nitrogens with zero attached hydrogens (tertiary/aromatic N) is 5. The lowest BCUT2D eigenvalue weighted by atomic mass is 9.98. The predicted octanol–water partition coefficient (Wildman–Crippen LogP) is 3.55. The summed E-state index contributed by atoms with van der Waals surface area (Å²) in [5, 5.41) is 20.0. The number of aromatic nitrogens is 1. The number of thioether (sulfide) groups is 1. The summed E-state index contributed by atoms with van der Waals surface area (Å²) in [6.45, 7) is 1.58. The molecule has 2 aromatic rings. The Balaban J connectivity index is 1.82. The maximum Gasteiger partial charge on any atom is 0.235 e. The number of piperidine rings is 1. The number of hydrogen-bond donors (Lipinski definition) is 1. The Labute approximate surface area is 199 Å². The SMILES string of the molecule is CN(C)C1CCCN(c2nc(SC(C(N)=O)c3ccccc3)c(C#N)c(C3CC3)c2C#N)C1. The summed E-state index contributed by atoms with van der Waals surface area (Å²) in [6, 6.07) is 14.3. The quantitative estimate of drug-likeness (QED) is 0.629. The van der Waals surface area contributed by atoms with Crippen LogP contribution in [0.1, 0.15) is 59.1 Å². The van der Waals surface area contributed by atoms with E-state index < -0.39 is 11.2 Å². The van der Waals surface area contributed by atoms with Gasteiger partial charge in [0.2, 0.25) is 5.91 Å². The molecule has 2 heterocycles. The zero-order valence-corrected chi connectivity index (χ0v) is 19.8. The number of anilines is 1. The van der Waals surface area contributed by atoms with Gasteiger partial charge in [0.15, 0.2) is 0 Å². The first-order valence-corrected chi connectivity index (χ1v) is 12.1. The number of carbonyl (C=O) groups is 1. The minimum absolute atomic E-state index is 0.189. The molecule has 33 heavy (non-hydrogen) atoms. The molecule has 0 spiro atoms. The molecular formula is C25H28N6OS. The Kier molecular flexibility index (Phi) is 6.88. The van der Waals surface area contributed by atoms with Crippen molar-refractivity contribution in [1.29, 1.82) is 10.5 Å². The number of rotatable bonds is 7. The van der Waals surface area contributed by atoms with E-state index in [1.54, 1.807) is 0 Å². The Morgan fingerprint density at radius 3 is 2.45 bits per heavy atom. The average molecular weight is 461 g/mol. The Morgan fingerprint density at radius 2 is 1.88 bits per heavy atom. The van der Waals surface area contributed by atoms with Crippen molar-refractivity contribution >= 4 is 23.5 Å². The van der Waals surface area contributed by atoms with Crippen LogP contribution in [0.5, 0.6) is 0 Å². The van der Waals surface area contributed by atoms with Gasteiger partial charge in [-0.2, -0.15) is 10.5 Å². The van der Waals surface area contributed by atoms with E-state index in [0.717, 1.165) is 49.9 Å². The minimum Gasteiger partial charge on any atom is -0.368 e. The summed E-state index contributed by atoms with van der Waals surface area (Å²) in [4.78, 5) is 21.6. The number of nitrogens with two attached hydrogens (primary N) is 1. The Hall–Kier alpha value is -3.07. The zero-order chi connectivity index (χ0) is 23.5. The van der Waals surface area contributed by atoms with E-state index in [-0.39, 0.29) is 5.92 Å². The standard InChI is InChI=1S/C25H28N6OS/c1-30(2)18-9-6-12-31(15-18)24-19(13-26)21(16-10-11-16)20(14-27)25(29-24)33-22(23(28)32)17-7-4-3-5-8-17/h3-5,7-8,16,18,22H,6,9-12,15H2,1-2H3,(H2,28,32). The van der Waals surface area contributed by atoms with Crippen LogP contribution in [0.2, 0.25) is 0 Å². The van der Waals surface area contributed by atoms with E-state index in [2.05, 4.69) is 36.0 Å². The van der Waals surface area contributed by atoms with Crippen LogP contribution in [-0.2, 0) is 4.79 Å². The Bertz CT molecular complexity index is 1120. The third kappa shape index (κ3) is 4.83. The van der Waals surface area contributed by atoms with E-state index in [4.69, 9.17) is 10.7 Å². The highest BCUT2D eigenvalue weighted by molar-refractivity contribution is 8.00. The molecule has 0 radical (unpaired) electrons. The van der Waals surface area contributed by atoms with Crippen molar-refractivity contribution in [3.8, 4) is 12.1 Å². The number of nitriles is 2. The van der Waals surface area contributed by atoms with E-state index in [9.17, 15) is 15.3 Å². The maximum atomic E-state index is 12.4. The van der Waals surface area contributed by atoms with Gasteiger partial charge in [0.05, 0.1) is 11.1 Å². The normalized spacial score (nSPS) is 19.1. The molecule has 7 nitrogen and oxygen atoms in total. The monoisotopic (exact) mass is 460 g/mol. The molecule has 1 amide bonds. The second kappa shape index (κ2) is 9.82.